The van der Waals surface area contributed by atoms with Crippen LogP contribution in [0.1, 0.15) is 25.7 Å². The molecule has 8 heavy (non-hydrogen) atoms. The second kappa shape index (κ2) is 2.73. The van der Waals surface area contributed by atoms with Gasteiger partial charge in [-0.25, -0.2) is 0 Å². The van der Waals surface area contributed by atoms with Gasteiger partial charge in [-0.15, -0.1) is 0 Å². The Balaban J connectivity index is 0.000000320. The molecule has 1 heteroatoms. The van der Waals surface area contributed by atoms with E-state index >= 15 is 0 Å². The molecular weight excluding hydrogens is 321 g/mol. The molecule has 0 aromatic carbocycles. The van der Waals surface area contributed by atoms with Gasteiger partial charge in [0.2, 0.25) is 0 Å². The summed E-state index contributed by atoms with van der Waals surface area (Å²) in [4.78, 5) is 0. The van der Waals surface area contributed by atoms with Gasteiger partial charge in [0.05, 0.1) is 0 Å². The van der Waals surface area contributed by atoms with Crippen LogP contribution in [-0.4, -0.2) is 0 Å². The number of hydrogen-bond acceptors (Lipinski definition) is 0. The molecule has 0 N–H and O–H groups in total. The molecule has 2 rings (SSSR count). The summed E-state index contributed by atoms with van der Waals surface area (Å²) in [5, 5.41) is 0. The zero-order chi connectivity index (χ0) is 4.69. The minimum atomic E-state index is 0. The first-order valence-corrected chi connectivity index (χ1v) is 3.28. The molecule has 2 unspecified atom stereocenters. The molecule has 0 amide bonds. The fraction of sp³-hybridized carbons (Fsp3) is 0.857. The van der Waals surface area contributed by atoms with E-state index < -0.39 is 0 Å². The van der Waals surface area contributed by atoms with Gasteiger partial charge in [0, 0.05) is 29.9 Å². The van der Waals surface area contributed by atoms with Crippen molar-refractivity contribution >= 4 is 0 Å². The second-order valence-electron chi connectivity index (χ2n) is 2.86. The van der Waals surface area contributed by atoms with Crippen molar-refractivity contribution in [3.8, 4) is 0 Å². The largest absolute Gasteiger partial charge is 0.328 e. The minimum absolute atomic E-state index is 0. The molecule has 0 bridgehead atoms. The Bertz CT molecular complexity index is 70.5. The monoisotopic (exact) mass is 331 g/mol. The van der Waals surface area contributed by atoms with E-state index in [9.17, 15) is 0 Å². The molecule has 0 heterocycles. The molecule has 0 aliphatic heterocycles. The topological polar surface area (TPSA) is 0 Å². The molecule has 2 saturated carbocycles. The third-order valence-corrected chi connectivity index (χ3v) is 2.28. The predicted molar refractivity (Wildman–Crippen MR) is 29.7 cm³/mol. The normalized spacial score (nSPS) is 42.0. The van der Waals surface area contributed by atoms with E-state index in [1.165, 1.54) is 25.2 Å². The van der Waals surface area contributed by atoms with Crippen LogP contribution in [0, 0.1) is 48.2 Å². The van der Waals surface area contributed by atoms with Crippen molar-refractivity contribution in [3.63, 3.8) is 0 Å². The van der Waals surface area contributed by atoms with Crippen molar-refractivity contribution < 1.29 is 29.9 Å². The van der Waals surface area contributed by atoms with Crippen LogP contribution in [0.4, 0.5) is 0 Å². The van der Waals surface area contributed by atoms with E-state index in [1.54, 1.807) is 6.42 Å². The molecule has 0 aromatic rings. The van der Waals surface area contributed by atoms with Gasteiger partial charge >= 0.3 is 0 Å². The summed E-state index contributed by atoms with van der Waals surface area (Å²) in [5.41, 5.74) is 0. The Labute approximate surface area is 73.7 Å². The number of hydrogen-bond donors (Lipinski definition) is 0. The molecule has 45 valence electrons. The van der Waals surface area contributed by atoms with Crippen molar-refractivity contribution in [1.82, 2.24) is 0 Å². The van der Waals surface area contributed by atoms with Crippen LogP contribution in [0.2, 0.25) is 0 Å². The fourth-order valence-corrected chi connectivity index (χ4v) is 1.62. The third kappa shape index (κ3) is 1.29. The summed E-state index contributed by atoms with van der Waals surface area (Å²) >= 11 is 0. The standard InChI is InChI=1S/C7H11.Np/c1-2-4-7-5-6(7)3-1;/h1,6-7H,2-5H2;/q-1;. The number of rotatable bonds is 0. The Morgan fingerprint density at radius 2 is 2.12 bits per heavy atom. The SMILES string of the molecule is [CH-]1CCC2CC2C1.[Np]. The Hall–Kier alpha value is 1.01. The van der Waals surface area contributed by atoms with Gasteiger partial charge in [0.25, 0.3) is 0 Å². The smallest absolute Gasteiger partial charge is 0 e. The first-order valence-electron chi connectivity index (χ1n) is 3.28. The molecule has 2 aliphatic rings. The average Bonchev–Trinajstić information content (AvgIpc) is 2.41. The first kappa shape index (κ1) is 7.12. The summed E-state index contributed by atoms with van der Waals surface area (Å²) in [6.45, 7) is 0. The molecule has 0 aromatic heterocycles. The molecule has 0 spiro atoms. The molecule has 2 atom stereocenters. The summed E-state index contributed by atoms with van der Waals surface area (Å²) in [6, 6.07) is 0. The van der Waals surface area contributed by atoms with Gasteiger partial charge in [-0.05, 0) is 12.3 Å². The van der Waals surface area contributed by atoms with E-state index in [4.69, 9.17) is 0 Å². The molecule has 2 fully saturated rings. The quantitative estimate of drug-likeness (QED) is 0.596. The summed E-state index contributed by atoms with van der Waals surface area (Å²) < 4.78 is 0. The molecule has 0 saturated heterocycles. The van der Waals surface area contributed by atoms with E-state index in [-0.39, 0.29) is 29.9 Å². The van der Waals surface area contributed by atoms with Gasteiger partial charge in [-0.2, -0.15) is 12.8 Å². The molecular formula is C7H11Np-. The molecule has 0 nitrogen and oxygen atoms in total. The van der Waals surface area contributed by atoms with Crippen LogP contribution >= 0.6 is 0 Å². The van der Waals surface area contributed by atoms with Crippen molar-refractivity contribution in [2.45, 2.75) is 25.7 Å². The maximum absolute atomic E-state index is 2.45. The number of fused-ring (bicyclic) bond motifs is 1. The molecule has 2 aliphatic carbocycles. The van der Waals surface area contributed by atoms with Crippen LogP contribution in [0.3, 0.4) is 0 Å². The Kier molecular flexibility index (Phi) is 2.43. The van der Waals surface area contributed by atoms with Crippen molar-refractivity contribution in [2.75, 3.05) is 0 Å². The van der Waals surface area contributed by atoms with Crippen molar-refractivity contribution in [1.29, 1.82) is 0 Å². The van der Waals surface area contributed by atoms with Crippen LogP contribution in [0.25, 0.3) is 0 Å². The van der Waals surface area contributed by atoms with Crippen molar-refractivity contribution in [2.24, 2.45) is 11.8 Å². The zero-order valence-electron chi connectivity index (χ0n) is 5.01. The summed E-state index contributed by atoms with van der Waals surface area (Å²) in [7, 11) is 0. The van der Waals surface area contributed by atoms with E-state index in [0.717, 1.165) is 5.92 Å². The first-order chi connectivity index (χ1) is 3.47. The zero-order valence-corrected chi connectivity index (χ0v) is 8.73. The van der Waals surface area contributed by atoms with Crippen LogP contribution in [0.5, 0.6) is 0 Å². The van der Waals surface area contributed by atoms with Crippen LogP contribution in [-0.2, 0) is 0 Å². The van der Waals surface area contributed by atoms with Gasteiger partial charge in [-0.3, -0.25) is 0 Å². The fourth-order valence-electron chi connectivity index (χ4n) is 1.62. The van der Waals surface area contributed by atoms with E-state index in [2.05, 4.69) is 6.42 Å². The van der Waals surface area contributed by atoms with Gasteiger partial charge < -0.3 is 6.42 Å². The van der Waals surface area contributed by atoms with Crippen LogP contribution in [0.15, 0.2) is 0 Å². The predicted octanol–water partition coefficient (Wildman–Crippen LogP) is 2.01. The van der Waals surface area contributed by atoms with Gasteiger partial charge in [-0.1, -0.05) is 12.3 Å². The summed E-state index contributed by atoms with van der Waals surface area (Å²) in [5.74, 6) is 2.32. The molecule has 1 radical (unpaired) electrons. The Morgan fingerprint density at radius 1 is 1.25 bits per heavy atom. The van der Waals surface area contributed by atoms with Gasteiger partial charge in [0.15, 0.2) is 0 Å². The van der Waals surface area contributed by atoms with E-state index in [0.29, 0.717) is 0 Å². The third-order valence-electron chi connectivity index (χ3n) is 2.28. The van der Waals surface area contributed by atoms with Crippen molar-refractivity contribution in [3.05, 3.63) is 6.42 Å². The van der Waals surface area contributed by atoms with Gasteiger partial charge in [0.1, 0.15) is 0 Å². The summed E-state index contributed by atoms with van der Waals surface area (Å²) in [6.07, 6.45) is 8.35. The Morgan fingerprint density at radius 3 is 2.62 bits per heavy atom. The maximum atomic E-state index is 2.45. The van der Waals surface area contributed by atoms with E-state index in [1.807, 2.05) is 0 Å². The maximum Gasteiger partial charge on any atom is 0 e. The average molecular weight is 332 g/mol. The minimum Gasteiger partial charge on any atom is -0.328 e. The second-order valence-corrected chi connectivity index (χ2v) is 2.86. The van der Waals surface area contributed by atoms with Crippen LogP contribution < -0.4 is 0 Å².